The van der Waals surface area contributed by atoms with Crippen LogP contribution >= 0.6 is 11.8 Å². The maximum atomic E-state index is 9.48. The van der Waals surface area contributed by atoms with E-state index in [1.807, 2.05) is 11.8 Å². The molecule has 2 aliphatic rings. The Morgan fingerprint density at radius 2 is 2.15 bits per heavy atom. The minimum atomic E-state index is -0.0173. The molecule has 0 spiro atoms. The number of nitrogens with one attached hydrogen (secondary N) is 1. The van der Waals surface area contributed by atoms with Gasteiger partial charge in [0.05, 0.1) is 6.10 Å². The van der Waals surface area contributed by atoms with E-state index in [-0.39, 0.29) is 6.10 Å². The van der Waals surface area contributed by atoms with Crippen LogP contribution in [-0.4, -0.2) is 35.3 Å². The Hall–Kier alpha value is 0.270. The SMILES string of the molecule is OC1CCCC(CNC2CSC2)C1. The largest absolute Gasteiger partial charge is 0.393 e. The third kappa shape index (κ3) is 2.86. The topological polar surface area (TPSA) is 32.3 Å². The summed E-state index contributed by atoms with van der Waals surface area (Å²) in [5, 5.41) is 13.1. The third-order valence-corrected chi connectivity index (χ3v) is 4.36. The van der Waals surface area contributed by atoms with Crippen LogP contribution in [0.25, 0.3) is 0 Å². The molecule has 76 valence electrons. The van der Waals surface area contributed by atoms with Gasteiger partial charge in [-0.05, 0) is 31.7 Å². The summed E-state index contributed by atoms with van der Waals surface area (Å²) in [6.45, 7) is 1.13. The Morgan fingerprint density at radius 1 is 1.31 bits per heavy atom. The van der Waals surface area contributed by atoms with E-state index in [1.54, 1.807) is 0 Å². The van der Waals surface area contributed by atoms with Crippen molar-refractivity contribution in [2.45, 2.75) is 37.8 Å². The molecule has 2 nitrogen and oxygen atoms in total. The molecule has 2 unspecified atom stereocenters. The summed E-state index contributed by atoms with van der Waals surface area (Å²) < 4.78 is 0. The van der Waals surface area contributed by atoms with Crippen molar-refractivity contribution in [2.75, 3.05) is 18.1 Å². The normalized spacial score (nSPS) is 35.8. The fourth-order valence-electron chi connectivity index (χ4n) is 2.13. The fourth-order valence-corrected chi connectivity index (χ4v) is 2.84. The van der Waals surface area contributed by atoms with Gasteiger partial charge in [0, 0.05) is 17.5 Å². The van der Waals surface area contributed by atoms with Crippen molar-refractivity contribution in [2.24, 2.45) is 5.92 Å². The van der Waals surface area contributed by atoms with E-state index in [9.17, 15) is 5.11 Å². The predicted molar refractivity (Wildman–Crippen MR) is 57.1 cm³/mol. The lowest BCUT2D eigenvalue weighted by molar-refractivity contribution is 0.1000. The highest BCUT2D eigenvalue weighted by Gasteiger charge is 2.22. The molecule has 2 atom stereocenters. The standard InChI is InChI=1S/C10H19NOS/c12-10-3-1-2-8(4-10)5-11-9-6-13-7-9/h8-12H,1-7H2. The Balaban J connectivity index is 1.62. The van der Waals surface area contributed by atoms with Crippen LogP contribution in [0.1, 0.15) is 25.7 Å². The lowest BCUT2D eigenvalue weighted by Crippen LogP contribution is -2.43. The van der Waals surface area contributed by atoms with E-state index in [0.29, 0.717) is 0 Å². The van der Waals surface area contributed by atoms with E-state index >= 15 is 0 Å². The van der Waals surface area contributed by atoms with Gasteiger partial charge in [-0.15, -0.1) is 0 Å². The van der Waals surface area contributed by atoms with Crippen molar-refractivity contribution in [3.8, 4) is 0 Å². The molecule has 2 fully saturated rings. The zero-order chi connectivity index (χ0) is 9.10. The molecular formula is C10H19NOS. The van der Waals surface area contributed by atoms with Gasteiger partial charge in [0.2, 0.25) is 0 Å². The molecule has 2 N–H and O–H groups in total. The van der Waals surface area contributed by atoms with E-state index in [1.165, 1.54) is 24.3 Å². The molecule has 1 aliphatic carbocycles. The maximum Gasteiger partial charge on any atom is 0.0543 e. The Bertz CT molecular complexity index is 161. The molecule has 1 saturated carbocycles. The number of thioether (sulfide) groups is 1. The number of aliphatic hydroxyl groups excluding tert-OH is 1. The van der Waals surface area contributed by atoms with Gasteiger partial charge in [0.1, 0.15) is 0 Å². The smallest absolute Gasteiger partial charge is 0.0543 e. The van der Waals surface area contributed by atoms with Gasteiger partial charge < -0.3 is 10.4 Å². The molecule has 0 radical (unpaired) electrons. The summed E-state index contributed by atoms with van der Waals surface area (Å²) in [6, 6.07) is 0.768. The third-order valence-electron chi connectivity index (χ3n) is 3.09. The van der Waals surface area contributed by atoms with Crippen LogP contribution in [0.2, 0.25) is 0 Å². The lowest BCUT2D eigenvalue weighted by atomic mass is 9.87. The number of hydrogen-bond acceptors (Lipinski definition) is 3. The Morgan fingerprint density at radius 3 is 2.77 bits per heavy atom. The van der Waals surface area contributed by atoms with Crippen molar-refractivity contribution in [1.29, 1.82) is 0 Å². The Labute approximate surface area is 84.5 Å². The van der Waals surface area contributed by atoms with Crippen molar-refractivity contribution in [1.82, 2.24) is 5.32 Å². The van der Waals surface area contributed by atoms with E-state index < -0.39 is 0 Å². The van der Waals surface area contributed by atoms with Gasteiger partial charge in [-0.2, -0.15) is 11.8 Å². The minimum absolute atomic E-state index is 0.0173. The molecule has 3 heteroatoms. The van der Waals surface area contributed by atoms with Crippen molar-refractivity contribution < 1.29 is 5.11 Å². The highest BCUT2D eigenvalue weighted by Crippen LogP contribution is 2.24. The van der Waals surface area contributed by atoms with Gasteiger partial charge in [-0.3, -0.25) is 0 Å². The van der Waals surface area contributed by atoms with E-state index in [0.717, 1.165) is 31.3 Å². The molecule has 0 aromatic heterocycles. The molecule has 1 aliphatic heterocycles. The number of aliphatic hydroxyl groups is 1. The first-order valence-corrected chi connectivity index (χ1v) is 6.49. The highest BCUT2D eigenvalue weighted by molar-refractivity contribution is 8.00. The van der Waals surface area contributed by atoms with Gasteiger partial charge in [-0.25, -0.2) is 0 Å². The summed E-state index contributed by atoms with van der Waals surface area (Å²) in [7, 11) is 0. The fraction of sp³-hybridized carbons (Fsp3) is 1.00. The van der Waals surface area contributed by atoms with Crippen LogP contribution in [0.3, 0.4) is 0 Å². The van der Waals surface area contributed by atoms with Crippen LogP contribution in [0.5, 0.6) is 0 Å². The van der Waals surface area contributed by atoms with Crippen molar-refractivity contribution >= 4 is 11.8 Å². The van der Waals surface area contributed by atoms with Gasteiger partial charge in [-0.1, -0.05) is 6.42 Å². The van der Waals surface area contributed by atoms with Crippen LogP contribution in [0.15, 0.2) is 0 Å². The molecule has 0 aromatic rings. The zero-order valence-corrected chi connectivity index (χ0v) is 8.85. The van der Waals surface area contributed by atoms with E-state index in [2.05, 4.69) is 5.32 Å². The van der Waals surface area contributed by atoms with Gasteiger partial charge >= 0.3 is 0 Å². The van der Waals surface area contributed by atoms with Crippen molar-refractivity contribution in [3.05, 3.63) is 0 Å². The minimum Gasteiger partial charge on any atom is -0.393 e. The summed E-state index contributed by atoms with van der Waals surface area (Å²) in [5.41, 5.74) is 0. The first-order chi connectivity index (χ1) is 6.34. The molecule has 0 amide bonds. The van der Waals surface area contributed by atoms with E-state index in [4.69, 9.17) is 0 Å². The summed E-state index contributed by atoms with van der Waals surface area (Å²) in [6.07, 6.45) is 4.55. The monoisotopic (exact) mass is 201 g/mol. The summed E-state index contributed by atoms with van der Waals surface area (Å²) in [5.74, 6) is 3.30. The molecule has 1 heterocycles. The summed E-state index contributed by atoms with van der Waals surface area (Å²) >= 11 is 2.02. The summed E-state index contributed by atoms with van der Waals surface area (Å²) in [4.78, 5) is 0. The lowest BCUT2D eigenvalue weighted by Gasteiger charge is -2.31. The van der Waals surface area contributed by atoms with Gasteiger partial charge in [0.15, 0.2) is 0 Å². The predicted octanol–water partition coefficient (Wildman–Crippen LogP) is 1.24. The van der Waals surface area contributed by atoms with Crippen LogP contribution in [0.4, 0.5) is 0 Å². The van der Waals surface area contributed by atoms with Crippen LogP contribution < -0.4 is 5.32 Å². The second-order valence-corrected chi connectivity index (χ2v) is 5.40. The number of rotatable bonds is 3. The molecule has 1 saturated heterocycles. The molecule has 0 aromatic carbocycles. The highest BCUT2D eigenvalue weighted by atomic mass is 32.2. The van der Waals surface area contributed by atoms with Gasteiger partial charge in [0.25, 0.3) is 0 Å². The first-order valence-electron chi connectivity index (χ1n) is 5.34. The molecular weight excluding hydrogens is 182 g/mol. The average Bonchev–Trinajstić information content (AvgIpc) is 2.01. The molecule has 2 rings (SSSR count). The van der Waals surface area contributed by atoms with Crippen LogP contribution in [0, 0.1) is 5.92 Å². The second kappa shape index (κ2) is 4.67. The quantitative estimate of drug-likeness (QED) is 0.720. The van der Waals surface area contributed by atoms with Crippen LogP contribution in [-0.2, 0) is 0 Å². The molecule has 0 bridgehead atoms. The number of hydrogen-bond donors (Lipinski definition) is 2. The Kier molecular flexibility index (Phi) is 3.52. The van der Waals surface area contributed by atoms with Crippen molar-refractivity contribution in [3.63, 3.8) is 0 Å². The molecule has 13 heavy (non-hydrogen) atoms. The zero-order valence-electron chi connectivity index (χ0n) is 8.04. The average molecular weight is 201 g/mol. The maximum absolute atomic E-state index is 9.48. The first kappa shape index (κ1) is 9.81. The second-order valence-electron chi connectivity index (χ2n) is 4.33.